The molecule has 1 aromatic rings. The van der Waals surface area contributed by atoms with Gasteiger partial charge in [0.1, 0.15) is 0 Å². The average Bonchev–Trinajstić information content (AvgIpc) is 2.19. The van der Waals surface area contributed by atoms with E-state index in [1.165, 1.54) is 24.0 Å². The molecule has 1 N–H and O–H groups in total. The van der Waals surface area contributed by atoms with Gasteiger partial charge >= 0.3 is 0 Å². The molecule has 76 valence electrons. The van der Waals surface area contributed by atoms with Crippen LogP contribution in [0.4, 0.5) is 0 Å². The van der Waals surface area contributed by atoms with Gasteiger partial charge in [0.05, 0.1) is 4.32 Å². The number of benzene rings is 1. The number of halogens is 1. The van der Waals surface area contributed by atoms with Crippen LogP contribution in [0.15, 0.2) is 24.3 Å². The number of piperidine rings is 1. The smallest absolute Gasteiger partial charge is 0.0530 e. The zero-order valence-electron chi connectivity index (χ0n) is 8.52. The second kappa shape index (κ2) is 4.03. The van der Waals surface area contributed by atoms with E-state index in [-0.39, 0.29) is 4.32 Å². The number of nitrogens with one attached hydrogen (secondary N) is 1. The lowest BCUT2D eigenvalue weighted by molar-refractivity contribution is 0.432. The number of alkyl halides is 1. The van der Waals surface area contributed by atoms with Crippen LogP contribution in [0.1, 0.15) is 24.0 Å². The van der Waals surface area contributed by atoms with Crippen LogP contribution >= 0.6 is 15.9 Å². The van der Waals surface area contributed by atoms with Crippen LogP contribution in [0.3, 0.4) is 0 Å². The lowest BCUT2D eigenvalue weighted by Crippen LogP contribution is -2.35. The molecule has 1 nitrogen and oxygen atoms in total. The van der Waals surface area contributed by atoms with Gasteiger partial charge in [-0.05, 0) is 38.4 Å². The second-order valence-electron chi connectivity index (χ2n) is 4.08. The van der Waals surface area contributed by atoms with E-state index < -0.39 is 0 Å². The summed E-state index contributed by atoms with van der Waals surface area (Å²) in [7, 11) is 0. The predicted molar refractivity (Wildman–Crippen MR) is 63.9 cm³/mol. The van der Waals surface area contributed by atoms with E-state index in [9.17, 15) is 0 Å². The van der Waals surface area contributed by atoms with E-state index in [0.29, 0.717) is 0 Å². The van der Waals surface area contributed by atoms with Gasteiger partial charge < -0.3 is 5.32 Å². The first-order chi connectivity index (χ1) is 6.71. The van der Waals surface area contributed by atoms with Gasteiger partial charge in [-0.1, -0.05) is 45.8 Å². The van der Waals surface area contributed by atoms with Gasteiger partial charge in [0.15, 0.2) is 0 Å². The summed E-state index contributed by atoms with van der Waals surface area (Å²) in [6.45, 7) is 4.35. The molecule has 0 atom stereocenters. The summed E-state index contributed by atoms with van der Waals surface area (Å²) in [5.41, 5.74) is 2.75. The van der Waals surface area contributed by atoms with Gasteiger partial charge in [0, 0.05) is 0 Å². The Hall–Kier alpha value is -0.340. The summed E-state index contributed by atoms with van der Waals surface area (Å²) in [5.74, 6) is 0. The number of rotatable bonds is 1. The lowest BCUT2D eigenvalue weighted by atomic mass is 9.89. The van der Waals surface area contributed by atoms with Crippen molar-refractivity contribution < 1.29 is 0 Å². The highest BCUT2D eigenvalue weighted by molar-refractivity contribution is 9.09. The van der Waals surface area contributed by atoms with Gasteiger partial charge in [-0.3, -0.25) is 0 Å². The van der Waals surface area contributed by atoms with Crippen molar-refractivity contribution in [3.05, 3.63) is 35.4 Å². The Kier molecular flexibility index (Phi) is 2.93. The van der Waals surface area contributed by atoms with Crippen LogP contribution in [0.25, 0.3) is 0 Å². The summed E-state index contributed by atoms with van der Waals surface area (Å²) >= 11 is 3.89. The van der Waals surface area contributed by atoms with Crippen molar-refractivity contribution in [3.8, 4) is 0 Å². The maximum Gasteiger partial charge on any atom is 0.0530 e. The van der Waals surface area contributed by atoms with E-state index in [4.69, 9.17) is 0 Å². The molecular weight excluding hydrogens is 238 g/mol. The molecule has 0 aliphatic carbocycles. The van der Waals surface area contributed by atoms with Crippen LogP contribution in [-0.2, 0) is 4.32 Å². The molecule has 1 heterocycles. The maximum atomic E-state index is 3.89. The zero-order chi connectivity index (χ0) is 10.0. The molecule has 0 saturated carbocycles. The summed E-state index contributed by atoms with van der Waals surface area (Å²) < 4.78 is 0.214. The Bertz CT molecular complexity index is 299. The molecule has 0 radical (unpaired) electrons. The van der Waals surface area contributed by atoms with Crippen LogP contribution < -0.4 is 5.32 Å². The molecule has 0 bridgehead atoms. The van der Waals surface area contributed by atoms with Crippen LogP contribution in [0.2, 0.25) is 0 Å². The Morgan fingerprint density at radius 2 is 1.71 bits per heavy atom. The Balaban J connectivity index is 2.23. The van der Waals surface area contributed by atoms with Crippen molar-refractivity contribution >= 4 is 15.9 Å². The molecule has 14 heavy (non-hydrogen) atoms. The molecule has 1 saturated heterocycles. The molecular formula is C12H16BrN. The number of aryl methyl sites for hydroxylation is 1. The number of hydrogen-bond acceptors (Lipinski definition) is 1. The van der Waals surface area contributed by atoms with Crippen molar-refractivity contribution in [1.82, 2.24) is 5.32 Å². The maximum absolute atomic E-state index is 3.89. The first kappa shape index (κ1) is 10.2. The molecule has 1 fully saturated rings. The summed E-state index contributed by atoms with van der Waals surface area (Å²) in [6, 6.07) is 8.88. The van der Waals surface area contributed by atoms with Crippen LogP contribution in [0.5, 0.6) is 0 Å². The third-order valence-electron chi connectivity index (χ3n) is 2.97. The van der Waals surface area contributed by atoms with E-state index in [1.807, 2.05) is 0 Å². The highest BCUT2D eigenvalue weighted by Gasteiger charge is 2.30. The van der Waals surface area contributed by atoms with Gasteiger partial charge in [-0.25, -0.2) is 0 Å². The Morgan fingerprint density at radius 1 is 1.14 bits per heavy atom. The monoisotopic (exact) mass is 253 g/mol. The first-order valence-electron chi connectivity index (χ1n) is 5.17. The molecule has 1 aromatic carbocycles. The van der Waals surface area contributed by atoms with Crippen molar-refractivity contribution in [2.24, 2.45) is 0 Å². The summed E-state index contributed by atoms with van der Waals surface area (Å²) in [5, 5.41) is 3.39. The molecule has 1 aliphatic rings. The average molecular weight is 254 g/mol. The van der Waals surface area contributed by atoms with Gasteiger partial charge in [0.25, 0.3) is 0 Å². The summed E-state index contributed by atoms with van der Waals surface area (Å²) in [6.07, 6.45) is 2.35. The molecule has 1 aliphatic heterocycles. The fraction of sp³-hybridized carbons (Fsp3) is 0.500. The van der Waals surface area contributed by atoms with E-state index >= 15 is 0 Å². The van der Waals surface area contributed by atoms with Gasteiger partial charge in [-0.15, -0.1) is 0 Å². The molecule has 0 amide bonds. The minimum atomic E-state index is 0.214. The second-order valence-corrected chi connectivity index (χ2v) is 5.60. The highest BCUT2D eigenvalue weighted by atomic mass is 79.9. The van der Waals surface area contributed by atoms with E-state index in [1.54, 1.807) is 0 Å². The molecule has 2 heteroatoms. The SMILES string of the molecule is Cc1ccc(C2(Br)CCNCC2)cc1. The minimum Gasteiger partial charge on any atom is -0.317 e. The molecule has 2 rings (SSSR count). The topological polar surface area (TPSA) is 12.0 Å². The fourth-order valence-corrected chi connectivity index (χ4v) is 2.62. The minimum absolute atomic E-state index is 0.214. The lowest BCUT2D eigenvalue weighted by Gasteiger charge is -2.32. The van der Waals surface area contributed by atoms with Crippen molar-refractivity contribution in [2.45, 2.75) is 24.1 Å². The zero-order valence-corrected chi connectivity index (χ0v) is 10.1. The molecule has 0 unspecified atom stereocenters. The van der Waals surface area contributed by atoms with Crippen molar-refractivity contribution in [3.63, 3.8) is 0 Å². The highest BCUT2D eigenvalue weighted by Crippen LogP contribution is 2.39. The normalized spacial score (nSPS) is 20.7. The number of hydrogen-bond donors (Lipinski definition) is 1. The van der Waals surface area contributed by atoms with Crippen LogP contribution in [-0.4, -0.2) is 13.1 Å². The Morgan fingerprint density at radius 3 is 2.29 bits per heavy atom. The third kappa shape index (κ3) is 2.01. The fourth-order valence-electron chi connectivity index (χ4n) is 1.96. The molecule has 0 aromatic heterocycles. The van der Waals surface area contributed by atoms with Crippen molar-refractivity contribution in [1.29, 1.82) is 0 Å². The standard InChI is InChI=1S/C12H16BrN/c1-10-2-4-11(5-3-10)12(13)6-8-14-9-7-12/h2-5,14H,6-9H2,1H3. The summed E-state index contributed by atoms with van der Waals surface area (Å²) in [4.78, 5) is 0. The van der Waals surface area contributed by atoms with E-state index in [2.05, 4.69) is 52.4 Å². The Labute approximate surface area is 94.0 Å². The predicted octanol–water partition coefficient (Wildman–Crippen LogP) is 2.97. The van der Waals surface area contributed by atoms with Gasteiger partial charge in [0.2, 0.25) is 0 Å². The molecule has 0 spiro atoms. The van der Waals surface area contributed by atoms with Gasteiger partial charge in [-0.2, -0.15) is 0 Å². The third-order valence-corrected chi connectivity index (χ3v) is 4.22. The van der Waals surface area contributed by atoms with Crippen LogP contribution in [0, 0.1) is 6.92 Å². The largest absolute Gasteiger partial charge is 0.317 e. The van der Waals surface area contributed by atoms with E-state index in [0.717, 1.165) is 13.1 Å². The first-order valence-corrected chi connectivity index (χ1v) is 5.97. The quantitative estimate of drug-likeness (QED) is 0.760. The van der Waals surface area contributed by atoms with Crippen molar-refractivity contribution in [2.75, 3.05) is 13.1 Å².